The van der Waals surface area contributed by atoms with Crippen molar-refractivity contribution in [3.05, 3.63) is 23.3 Å². The fourth-order valence-corrected chi connectivity index (χ4v) is 2.50. The summed E-state index contributed by atoms with van der Waals surface area (Å²) in [7, 11) is 3.70. The number of methoxy groups -OCH3 is 1. The van der Waals surface area contributed by atoms with E-state index in [-0.39, 0.29) is 5.41 Å². The lowest BCUT2D eigenvalue weighted by atomic mass is 9.87. The predicted octanol–water partition coefficient (Wildman–Crippen LogP) is 2.29. The summed E-state index contributed by atoms with van der Waals surface area (Å²) in [5.74, 6) is 0.900. The van der Waals surface area contributed by atoms with E-state index in [0.29, 0.717) is 19.8 Å². The van der Waals surface area contributed by atoms with Crippen LogP contribution < -0.4 is 9.64 Å². The minimum Gasteiger partial charge on any atom is -0.496 e. The van der Waals surface area contributed by atoms with E-state index in [0.717, 1.165) is 17.0 Å². The summed E-state index contributed by atoms with van der Waals surface area (Å²) in [6.07, 6.45) is 0. The van der Waals surface area contributed by atoms with E-state index >= 15 is 0 Å². The first-order chi connectivity index (χ1) is 9.03. The summed E-state index contributed by atoms with van der Waals surface area (Å²) < 4.78 is 10.5. The Kier molecular flexibility index (Phi) is 3.68. The first-order valence-corrected chi connectivity index (χ1v) is 6.37. The molecule has 1 aliphatic rings. The van der Waals surface area contributed by atoms with Crippen LogP contribution in [0.2, 0.25) is 0 Å². The van der Waals surface area contributed by atoms with Crippen LogP contribution in [0.25, 0.3) is 0 Å². The molecular formula is C15H20N2O2. The van der Waals surface area contributed by atoms with E-state index in [1.54, 1.807) is 7.11 Å². The van der Waals surface area contributed by atoms with Gasteiger partial charge >= 0.3 is 0 Å². The molecule has 0 bridgehead atoms. The molecule has 4 heteroatoms. The zero-order valence-corrected chi connectivity index (χ0v) is 12.0. The molecule has 1 fully saturated rings. The average Bonchev–Trinajstić information content (AvgIpc) is 2.36. The van der Waals surface area contributed by atoms with Crippen molar-refractivity contribution in [2.24, 2.45) is 5.41 Å². The van der Waals surface area contributed by atoms with E-state index in [1.165, 1.54) is 5.56 Å². The minimum atomic E-state index is -0.352. The van der Waals surface area contributed by atoms with E-state index in [4.69, 9.17) is 9.47 Å². The SMILES string of the molecule is COc1ccc(N(C)CC2(C#N)COC2)c(C)c1C. The van der Waals surface area contributed by atoms with Crippen LogP contribution in [0.4, 0.5) is 5.69 Å². The highest BCUT2D eigenvalue weighted by molar-refractivity contribution is 5.59. The molecule has 1 saturated heterocycles. The smallest absolute Gasteiger partial charge is 0.122 e. The lowest BCUT2D eigenvalue weighted by Gasteiger charge is -2.39. The number of rotatable bonds is 4. The van der Waals surface area contributed by atoms with Crippen LogP contribution in [0.1, 0.15) is 11.1 Å². The Morgan fingerprint density at radius 3 is 2.53 bits per heavy atom. The molecule has 1 aromatic rings. The van der Waals surface area contributed by atoms with Crippen molar-refractivity contribution in [1.29, 1.82) is 5.26 Å². The molecular weight excluding hydrogens is 240 g/mol. The van der Waals surface area contributed by atoms with E-state index < -0.39 is 0 Å². The van der Waals surface area contributed by atoms with Gasteiger partial charge in [-0.05, 0) is 37.1 Å². The number of nitrogens with zero attached hydrogens (tertiary/aromatic N) is 2. The maximum absolute atomic E-state index is 9.26. The number of ether oxygens (including phenoxy) is 2. The normalized spacial score (nSPS) is 16.4. The molecule has 0 aliphatic carbocycles. The Hall–Kier alpha value is -1.73. The summed E-state index contributed by atoms with van der Waals surface area (Å²) in [5, 5.41) is 9.26. The molecule has 19 heavy (non-hydrogen) atoms. The molecule has 2 rings (SSSR count). The second-order valence-electron chi connectivity index (χ2n) is 5.28. The lowest BCUT2D eigenvalue weighted by Crippen LogP contribution is -2.49. The number of nitriles is 1. The molecule has 4 nitrogen and oxygen atoms in total. The summed E-state index contributed by atoms with van der Waals surface area (Å²) in [6, 6.07) is 6.40. The van der Waals surface area contributed by atoms with E-state index in [9.17, 15) is 5.26 Å². The Morgan fingerprint density at radius 1 is 1.37 bits per heavy atom. The average molecular weight is 260 g/mol. The monoisotopic (exact) mass is 260 g/mol. The Labute approximate surface area is 114 Å². The van der Waals surface area contributed by atoms with E-state index in [2.05, 4.69) is 24.8 Å². The van der Waals surface area contributed by atoms with Gasteiger partial charge in [0, 0.05) is 19.3 Å². The Balaban J connectivity index is 2.22. The van der Waals surface area contributed by atoms with Crippen LogP contribution >= 0.6 is 0 Å². The Bertz CT molecular complexity index is 516. The van der Waals surface area contributed by atoms with E-state index in [1.807, 2.05) is 19.2 Å². The maximum atomic E-state index is 9.26. The van der Waals surface area contributed by atoms with Gasteiger partial charge in [-0.15, -0.1) is 0 Å². The van der Waals surface area contributed by atoms with Crippen molar-refractivity contribution >= 4 is 5.69 Å². The molecule has 0 amide bonds. The number of anilines is 1. The zero-order chi connectivity index (χ0) is 14.0. The second kappa shape index (κ2) is 5.10. The van der Waals surface area contributed by atoms with Gasteiger partial charge in [-0.3, -0.25) is 0 Å². The molecule has 102 valence electrons. The molecule has 1 aromatic carbocycles. The summed E-state index contributed by atoms with van der Waals surface area (Å²) >= 11 is 0. The largest absolute Gasteiger partial charge is 0.496 e. The summed E-state index contributed by atoms with van der Waals surface area (Å²) in [4.78, 5) is 2.13. The van der Waals surface area contributed by atoms with Gasteiger partial charge in [0.25, 0.3) is 0 Å². The maximum Gasteiger partial charge on any atom is 0.122 e. The molecule has 1 heterocycles. The van der Waals surface area contributed by atoms with Crippen molar-refractivity contribution in [2.45, 2.75) is 13.8 Å². The lowest BCUT2D eigenvalue weighted by molar-refractivity contribution is -0.0716. The van der Waals surface area contributed by atoms with Crippen LogP contribution in [0, 0.1) is 30.6 Å². The van der Waals surface area contributed by atoms with Crippen LogP contribution in [0.5, 0.6) is 5.75 Å². The first-order valence-electron chi connectivity index (χ1n) is 6.37. The molecule has 0 spiro atoms. The molecule has 1 aliphatic heterocycles. The number of hydrogen-bond donors (Lipinski definition) is 0. The van der Waals surface area contributed by atoms with Gasteiger partial charge in [0.05, 0.1) is 26.4 Å². The van der Waals surface area contributed by atoms with Crippen molar-refractivity contribution < 1.29 is 9.47 Å². The third-order valence-electron chi connectivity index (χ3n) is 3.87. The van der Waals surface area contributed by atoms with Crippen molar-refractivity contribution in [2.75, 3.05) is 38.8 Å². The molecule has 0 aromatic heterocycles. The summed E-state index contributed by atoms with van der Waals surface area (Å²) in [6.45, 7) is 5.89. The van der Waals surface area contributed by atoms with Gasteiger partial charge in [-0.1, -0.05) is 0 Å². The van der Waals surface area contributed by atoms with Crippen LogP contribution in [-0.2, 0) is 4.74 Å². The Morgan fingerprint density at radius 2 is 2.05 bits per heavy atom. The van der Waals surface area contributed by atoms with Crippen molar-refractivity contribution in [1.82, 2.24) is 0 Å². The van der Waals surface area contributed by atoms with Gasteiger partial charge in [-0.25, -0.2) is 0 Å². The van der Waals surface area contributed by atoms with Crippen LogP contribution in [0.3, 0.4) is 0 Å². The second-order valence-corrected chi connectivity index (χ2v) is 5.28. The highest BCUT2D eigenvalue weighted by Crippen LogP contribution is 2.33. The van der Waals surface area contributed by atoms with Gasteiger partial charge in [-0.2, -0.15) is 5.26 Å². The highest BCUT2D eigenvalue weighted by atomic mass is 16.5. The topological polar surface area (TPSA) is 45.5 Å². The fourth-order valence-electron chi connectivity index (χ4n) is 2.50. The zero-order valence-electron chi connectivity index (χ0n) is 12.0. The molecule has 0 saturated carbocycles. The van der Waals surface area contributed by atoms with Crippen LogP contribution in [-0.4, -0.2) is 33.9 Å². The standard InChI is InChI=1S/C15H20N2O2/c1-11-12(2)14(18-4)6-5-13(11)17(3)8-15(7-16)9-19-10-15/h5-6H,8-10H2,1-4H3. The number of benzene rings is 1. The van der Waals surface area contributed by atoms with Gasteiger partial charge < -0.3 is 14.4 Å². The molecule has 0 radical (unpaired) electrons. The molecule has 0 unspecified atom stereocenters. The quantitative estimate of drug-likeness (QED) is 0.833. The highest BCUT2D eigenvalue weighted by Gasteiger charge is 2.40. The minimum absolute atomic E-state index is 0.352. The third kappa shape index (κ3) is 2.39. The van der Waals surface area contributed by atoms with Gasteiger partial charge in [0.15, 0.2) is 0 Å². The van der Waals surface area contributed by atoms with Gasteiger partial charge in [0.2, 0.25) is 0 Å². The van der Waals surface area contributed by atoms with Gasteiger partial charge in [0.1, 0.15) is 11.2 Å². The number of hydrogen-bond acceptors (Lipinski definition) is 4. The van der Waals surface area contributed by atoms with Crippen molar-refractivity contribution in [3.8, 4) is 11.8 Å². The fraction of sp³-hybridized carbons (Fsp3) is 0.533. The first kappa shape index (κ1) is 13.7. The third-order valence-corrected chi connectivity index (χ3v) is 3.87. The molecule has 0 N–H and O–H groups in total. The summed E-state index contributed by atoms with van der Waals surface area (Å²) in [5.41, 5.74) is 3.12. The predicted molar refractivity (Wildman–Crippen MR) is 74.6 cm³/mol. The van der Waals surface area contributed by atoms with Crippen molar-refractivity contribution in [3.63, 3.8) is 0 Å². The molecule has 0 atom stereocenters. The van der Waals surface area contributed by atoms with Crippen LogP contribution in [0.15, 0.2) is 12.1 Å².